The third-order valence-corrected chi connectivity index (χ3v) is 2.65. The van der Waals surface area contributed by atoms with Gasteiger partial charge in [-0.1, -0.05) is 20.8 Å². The summed E-state index contributed by atoms with van der Waals surface area (Å²) in [6, 6.07) is 0. The lowest BCUT2D eigenvalue weighted by molar-refractivity contribution is -0.133. The highest BCUT2D eigenvalue weighted by atomic mass is 16.5. The Morgan fingerprint density at radius 1 is 1.27 bits per heavy atom. The molecule has 3 heteroatoms. The number of hydrogen-bond donors (Lipinski definition) is 1. The van der Waals surface area contributed by atoms with E-state index in [2.05, 4.69) is 0 Å². The van der Waals surface area contributed by atoms with Gasteiger partial charge in [-0.05, 0) is 25.7 Å². The molecule has 0 rings (SSSR count). The first-order valence-corrected chi connectivity index (χ1v) is 5.36. The molecule has 0 aromatic heterocycles. The van der Waals surface area contributed by atoms with E-state index < -0.39 is 6.10 Å². The lowest BCUT2D eigenvalue weighted by Crippen LogP contribution is -2.35. The quantitative estimate of drug-likeness (QED) is 0.766. The molecule has 0 amide bonds. The summed E-state index contributed by atoms with van der Waals surface area (Å²) in [6.07, 6.45) is 0.111. The summed E-state index contributed by atoms with van der Waals surface area (Å²) in [6.45, 7) is 9.44. The summed E-state index contributed by atoms with van der Waals surface area (Å²) in [5, 5.41) is 9.73. The highest BCUT2D eigenvalue weighted by molar-refractivity contribution is 5.83. The van der Waals surface area contributed by atoms with Gasteiger partial charge in [0, 0.05) is 13.5 Å². The van der Waals surface area contributed by atoms with Crippen LogP contribution in [0.25, 0.3) is 0 Å². The fourth-order valence-corrected chi connectivity index (χ4v) is 1.15. The van der Waals surface area contributed by atoms with Crippen LogP contribution in [0.5, 0.6) is 0 Å². The summed E-state index contributed by atoms with van der Waals surface area (Å²) >= 11 is 0. The van der Waals surface area contributed by atoms with E-state index in [9.17, 15) is 9.90 Å². The number of carbonyl (C=O) groups is 1. The zero-order valence-corrected chi connectivity index (χ0v) is 10.8. The number of hydrogen-bond acceptors (Lipinski definition) is 3. The fraction of sp³-hybridized carbons (Fsp3) is 0.917. The zero-order chi connectivity index (χ0) is 12.3. The van der Waals surface area contributed by atoms with E-state index in [1.165, 1.54) is 0 Å². The Hall–Kier alpha value is -0.410. The predicted octanol–water partition coefficient (Wildman–Crippen LogP) is 2.17. The molecule has 15 heavy (non-hydrogen) atoms. The number of aliphatic hydroxyl groups excluding tert-OH is 1. The Labute approximate surface area is 92.8 Å². The molecule has 0 aromatic carbocycles. The number of carbonyl (C=O) groups excluding carboxylic acids is 1. The maximum absolute atomic E-state index is 11.6. The molecule has 0 fully saturated rings. The van der Waals surface area contributed by atoms with Crippen molar-refractivity contribution in [2.45, 2.75) is 59.2 Å². The first-order valence-electron chi connectivity index (χ1n) is 5.36. The molecule has 0 heterocycles. The average Bonchev–Trinajstić information content (AvgIpc) is 2.11. The third-order valence-electron chi connectivity index (χ3n) is 2.65. The number of methoxy groups -OCH3 is 1. The van der Waals surface area contributed by atoms with Crippen molar-refractivity contribution in [3.63, 3.8) is 0 Å². The van der Waals surface area contributed by atoms with Crippen LogP contribution in [0.1, 0.15) is 47.5 Å². The third kappa shape index (κ3) is 5.28. The van der Waals surface area contributed by atoms with Gasteiger partial charge in [-0.2, -0.15) is 0 Å². The van der Waals surface area contributed by atoms with Crippen molar-refractivity contribution in [2.24, 2.45) is 5.41 Å². The second kappa shape index (κ2) is 5.08. The van der Waals surface area contributed by atoms with Crippen molar-refractivity contribution in [1.29, 1.82) is 0 Å². The van der Waals surface area contributed by atoms with Crippen LogP contribution >= 0.6 is 0 Å². The molecule has 0 radical (unpaired) electrons. The van der Waals surface area contributed by atoms with Crippen molar-refractivity contribution >= 4 is 5.78 Å². The average molecular weight is 216 g/mol. The van der Waals surface area contributed by atoms with Gasteiger partial charge in [-0.3, -0.25) is 4.79 Å². The van der Waals surface area contributed by atoms with Crippen LogP contribution < -0.4 is 0 Å². The Morgan fingerprint density at radius 2 is 1.73 bits per heavy atom. The summed E-state index contributed by atoms with van der Waals surface area (Å²) in [5.41, 5.74) is -0.679. The molecular formula is C12H24O3. The van der Waals surface area contributed by atoms with Crippen molar-refractivity contribution in [3.05, 3.63) is 0 Å². The predicted molar refractivity (Wildman–Crippen MR) is 60.8 cm³/mol. The molecule has 0 spiro atoms. The molecule has 0 aliphatic carbocycles. The zero-order valence-electron chi connectivity index (χ0n) is 10.8. The number of Topliss-reactive ketones (excluding diaryl/α,β-unsaturated/α-hetero) is 1. The largest absolute Gasteiger partial charge is 0.385 e. The number of ketones is 1. The second-order valence-electron chi connectivity index (χ2n) is 5.70. The van der Waals surface area contributed by atoms with Gasteiger partial charge in [0.15, 0.2) is 5.78 Å². The maximum atomic E-state index is 11.6. The highest BCUT2D eigenvalue weighted by Gasteiger charge is 2.29. The van der Waals surface area contributed by atoms with E-state index in [4.69, 9.17) is 4.74 Å². The normalized spacial score (nSPS) is 15.1. The highest BCUT2D eigenvalue weighted by Crippen LogP contribution is 2.23. The summed E-state index contributed by atoms with van der Waals surface area (Å²) in [4.78, 5) is 11.6. The van der Waals surface area contributed by atoms with Crippen LogP contribution in [0, 0.1) is 5.41 Å². The molecule has 90 valence electrons. The molecule has 0 bridgehead atoms. The van der Waals surface area contributed by atoms with Gasteiger partial charge in [0.25, 0.3) is 0 Å². The molecule has 1 unspecified atom stereocenters. The Balaban J connectivity index is 4.17. The van der Waals surface area contributed by atoms with Crippen LogP contribution in [0.3, 0.4) is 0 Å². The molecule has 0 saturated carbocycles. The van der Waals surface area contributed by atoms with Crippen molar-refractivity contribution in [2.75, 3.05) is 7.11 Å². The molecule has 0 saturated heterocycles. The van der Waals surface area contributed by atoms with Gasteiger partial charge in [-0.25, -0.2) is 0 Å². The molecule has 1 atom stereocenters. The van der Waals surface area contributed by atoms with Gasteiger partial charge >= 0.3 is 0 Å². The molecule has 0 aliphatic heterocycles. The van der Waals surface area contributed by atoms with E-state index in [0.29, 0.717) is 12.8 Å². The topological polar surface area (TPSA) is 46.5 Å². The molecule has 3 nitrogen and oxygen atoms in total. The molecular weight excluding hydrogens is 192 g/mol. The first-order chi connectivity index (χ1) is 6.60. The van der Waals surface area contributed by atoms with Crippen molar-refractivity contribution in [3.8, 4) is 0 Å². The van der Waals surface area contributed by atoms with Crippen LogP contribution in [0.15, 0.2) is 0 Å². The smallest absolute Gasteiger partial charge is 0.161 e. The van der Waals surface area contributed by atoms with Gasteiger partial charge < -0.3 is 9.84 Å². The van der Waals surface area contributed by atoms with Gasteiger partial charge in [-0.15, -0.1) is 0 Å². The first kappa shape index (κ1) is 14.6. The van der Waals surface area contributed by atoms with Gasteiger partial charge in [0.05, 0.1) is 5.60 Å². The lowest BCUT2D eigenvalue weighted by Gasteiger charge is -2.27. The minimum atomic E-state index is -0.884. The molecule has 1 N–H and O–H groups in total. The van der Waals surface area contributed by atoms with Gasteiger partial charge in [0.1, 0.15) is 6.10 Å². The van der Waals surface area contributed by atoms with Crippen LogP contribution in [0.2, 0.25) is 0 Å². The monoisotopic (exact) mass is 216 g/mol. The van der Waals surface area contributed by atoms with Gasteiger partial charge in [0.2, 0.25) is 0 Å². The number of ether oxygens (including phenoxy) is 1. The Kier molecular flexibility index (Phi) is 4.94. The Morgan fingerprint density at radius 3 is 2.07 bits per heavy atom. The fourth-order valence-electron chi connectivity index (χ4n) is 1.15. The Bertz CT molecular complexity index is 213. The SMILES string of the molecule is COC(C)(C)CCC(=O)C(O)C(C)(C)C. The lowest BCUT2D eigenvalue weighted by atomic mass is 9.84. The number of aliphatic hydroxyl groups is 1. The van der Waals surface area contributed by atoms with E-state index in [-0.39, 0.29) is 16.8 Å². The summed E-state index contributed by atoms with van der Waals surface area (Å²) in [7, 11) is 1.63. The second-order valence-corrected chi connectivity index (χ2v) is 5.70. The summed E-state index contributed by atoms with van der Waals surface area (Å²) < 4.78 is 5.22. The number of rotatable bonds is 5. The van der Waals surface area contributed by atoms with E-state index in [1.54, 1.807) is 7.11 Å². The minimum absolute atomic E-state index is 0.104. The van der Waals surface area contributed by atoms with Crippen molar-refractivity contribution < 1.29 is 14.6 Å². The van der Waals surface area contributed by atoms with Crippen molar-refractivity contribution in [1.82, 2.24) is 0 Å². The minimum Gasteiger partial charge on any atom is -0.385 e. The van der Waals surface area contributed by atoms with E-state index >= 15 is 0 Å². The van der Waals surface area contributed by atoms with E-state index in [1.807, 2.05) is 34.6 Å². The standard InChI is InChI=1S/C12H24O3/c1-11(2,3)10(14)9(13)7-8-12(4,5)15-6/h10,14H,7-8H2,1-6H3. The molecule has 0 aromatic rings. The van der Waals surface area contributed by atoms with Crippen LogP contribution in [-0.2, 0) is 9.53 Å². The van der Waals surface area contributed by atoms with Crippen LogP contribution in [0.4, 0.5) is 0 Å². The molecule has 0 aliphatic rings. The van der Waals surface area contributed by atoms with E-state index in [0.717, 1.165) is 0 Å². The van der Waals surface area contributed by atoms with Crippen LogP contribution in [-0.4, -0.2) is 29.7 Å². The summed E-state index contributed by atoms with van der Waals surface area (Å²) in [5.74, 6) is -0.104. The maximum Gasteiger partial charge on any atom is 0.161 e.